The van der Waals surface area contributed by atoms with Gasteiger partial charge in [0.05, 0.1) is 35.6 Å². The standard InChI is InChI=1S/C27H26N2O6S/c1-6-34-26(32)23-16(3)28-27-29(24(23)19-10-7-15(2)8-11-19)25(31)22(36-27)14-18-9-12-20(33-5)21(13-18)35-17(4)30/h7-14,24H,6H2,1-5H3/b22-14+/t24-/m1/s1. The number of aromatic nitrogens is 1. The molecule has 1 aliphatic rings. The van der Waals surface area contributed by atoms with E-state index in [4.69, 9.17) is 14.2 Å². The van der Waals surface area contributed by atoms with Crippen molar-refractivity contribution in [2.45, 2.75) is 33.7 Å². The normalized spacial score (nSPS) is 15.2. The van der Waals surface area contributed by atoms with Gasteiger partial charge in [-0.1, -0.05) is 47.2 Å². The summed E-state index contributed by atoms with van der Waals surface area (Å²) in [7, 11) is 1.48. The lowest BCUT2D eigenvalue weighted by atomic mass is 9.95. The summed E-state index contributed by atoms with van der Waals surface area (Å²) >= 11 is 1.22. The van der Waals surface area contributed by atoms with E-state index in [-0.39, 0.29) is 17.9 Å². The molecule has 36 heavy (non-hydrogen) atoms. The van der Waals surface area contributed by atoms with Gasteiger partial charge in [0.2, 0.25) is 0 Å². The number of rotatable bonds is 6. The number of hydrogen-bond donors (Lipinski definition) is 0. The fourth-order valence-corrected chi connectivity index (χ4v) is 5.07. The molecule has 2 heterocycles. The number of allylic oxidation sites excluding steroid dienone is 1. The fourth-order valence-electron chi connectivity index (χ4n) is 4.02. The zero-order chi connectivity index (χ0) is 26.0. The van der Waals surface area contributed by atoms with E-state index in [9.17, 15) is 14.4 Å². The molecule has 9 heteroatoms. The number of ether oxygens (including phenoxy) is 3. The van der Waals surface area contributed by atoms with Gasteiger partial charge in [0.1, 0.15) is 0 Å². The van der Waals surface area contributed by atoms with Crippen molar-refractivity contribution in [3.05, 3.63) is 90.1 Å². The molecule has 0 radical (unpaired) electrons. The zero-order valence-corrected chi connectivity index (χ0v) is 21.5. The van der Waals surface area contributed by atoms with E-state index in [1.165, 1.54) is 29.9 Å². The Morgan fingerprint density at radius 1 is 1.11 bits per heavy atom. The first-order chi connectivity index (χ1) is 17.2. The van der Waals surface area contributed by atoms with Crippen molar-refractivity contribution < 1.29 is 23.8 Å². The lowest BCUT2D eigenvalue weighted by Gasteiger charge is -2.24. The number of carbonyl (C=O) groups excluding carboxylic acids is 2. The predicted octanol–water partition coefficient (Wildman–Crippen LogP) is 3.04. The molecule has 0 spiro atoms. The van der Waals surface area contributed by atoms with Gasteiger partial charge < -0.3 is 14.2 Å². The minimum Gasteiger partial charge on any atom is -0.493 e. The van der Waals surface area contributed by atoms with E-state index < -0.39 is 18.0 Å². The molecular formula is C27H26N2O6S. The summed E-state index contributed by atoms with van der Waals surface area (Å²) in [4.78, 5) is 43.2. The van der Waals surface area contributed by atoms with Crippen LogP contribution >= 0.6 is 11.3 Å². The molecule has 0 amide bonds. The zero-order valence-electron chi connectivity index (χ0n) is 20.7. The van der Waals surface area contributed by atoms with Crippen LogP contribution in [0.3, 0.4) is 0 Å². The molecule has 1 aromatic heterocycles. The molecule has 0 unspecified atom stereocenters. The molecule has 4 rings (SSSR count). The van der Waals surface area contributed by atoms with Gasteiger partial charge in [-0.05, 0) is 50.1 Å². The Morgan fingerprint density at radius 3 is 2.47 bits per heavy atom. The molecule has 186 valence electrons. The molecule has 0 aliphatic carbocycles. The SMILES string of the molecule is CCOC(=O)C1=C(C)N=c2s/c(=C/c3ccc(OC)c(OC(C)=O)c3)c(=O)n2[C@@H]1c1ccc(C)cc1. The number of esters is 2. The minimum atomic E-state index is -0.671. The second-order valence-electron chi connectivity index (χ2n) is 8.22. The van der Waals surface area contributed by atoms with Gasteiger partial charge in [-0.15, -0.1) is 0 Å². The average Bonchev–Trinajstić information content (AvgIpc) is 3.13. The van der Waals surface area contributed by atoms with Gasteiger partial charge in [0.25, 0.3) is 5.56 Å². The quantitative estimate of drug-likeness (QED) is 0.377. The number of hydrogen-bond acceptors (Lipinski definition) is 8. The van der Waals surface area contributed by atoms with Crippen molar-refractivity contribution in [2.24, 2.45) is 4.99 Å². The third-order valence-corrected chi connectivity index (χ3v) is 6.63. The maximum Gasteiger partial charge on any atom is 0.338 e. The lowest BCUT2D eigenvalue weighted by molar-refractivity contribution is -0.139. The summed E-state index contributed by atoms with van der Waals surface area (Å²) in [5, 5.41) is 0. The van der Waals surface area contributed by atoms with Crippen LogP contribution in [-0.4, -0.2) is 30.2 Å². The van der Waals surface area contributed by atoms with Gasteiger partial charge in [-0.2, -0.15) is 0 Å². The summed E-state index contributed by atoms with van der Waals surface area (Å²) in [6.45, 7) is 6.98. The van der Waals surface area contributed by atoms with E-state index in [1.807, 2.05) is 31.2 Å². The topological polar surface area (TPSA) is 96.2 Å². The molecule has 2 aromatic carbocycles. The summed E-state index contributed by atoms with van der Waals surface area (Å²) in [6, 6.07) is 12.1. The summed E-state index contributed by atoms with van der Waals surface area (Å²) in [5.74, 6) is -0.327. The lowest BCUT2D eigenvalue weighted by Crippen LogP contribution is -2.39. The second kappa shape index (κ2) is 10.3. The number of fused-ring (bicyclic) bond motifs is 1. The first-order valence-corrected chi connectivity index (χ1v) is 12.2. The highest BCUT2D eigenvalue weighted by Gasteiger charge is 2.33. The highest BCUT2D eigenvalue weighted by Crippen LogP contribution is 2.31. The average molecular weight is 507 g/mol. The van der Waals surface area contributed by atoms with Crippen molar-refractivity contribution in [3.63, 3.8) is 0 Å². The monoisotopic (exact) mass is 506 g/mol. The van der Waals surface area contributed by atoms with Crippen molar-refractivity contribution in [3.8, 4) is 11.5 Å². The number of methoxy groups -OCH3 is 1. The molecule has 8 nitrogen and oxygen atoms in total. The van der Waals surface area contributed by atoms with Crippen LogP contribution in [0.4, 0.5) is 0 Å². The van der Waals surface area contributed by atoms with E-state index in [1.54, 1.807) is 38.1 Å². The van der Waals surface area contributed by atoms with Gasteiger partial charge >= 0.3 is 11.9 Å². The van der Waals surface area contributed by atoms with Crippen LogP contribution in [0.25, 0.3) is 6.08 Å². The second-order valence-corrected chi connectivity index (χ2v) is 9.23. The number of benzene rings is 2. The molecule has 1 atom stereocenters. The van der Waals surface area contributed by atoms with E-state index in [0.717, 1.165) is 11.1 Å². The van der Waals surface area contributed by atoms with Crippen LogP contribution in [0.5, 0.6) is 11.5 Å². The number of carbonyl (C=O) groups is 2. The highest BCUT2D eigenvalue weighted by atomic mass is 32.1. The summed E-state index contributed by atoms with van der Waals surface area (Å²) in [5.41, 5.74) is 3.04. The number of aryl methyl sites for hydroxylation is 1. The molecule has 0 N–H and O–H groups in total. The summed E-state index contributed by atoms with van der Waals surface area (Å²) in [6.07, 6.45) is 1.70. The molecule has 0 saturated heterocycles. The van der Waals surface area contributed by atoms with Crippen LogP contribution in [0.15, 0.2) is 63.5 Å². The van der Waals surface area contributed by atoms with Gasteiger partial charge in [0, 0.05) is 6.92 Å². The maximum atomic E-state index is 13.7. The third-order valence-electron chi connectivity index (χ3n) is 5.65. The number of nitrogens with zero attached hydrogens (tertiary/aromatic N) is 2. The Labute approximate surface area is 211 Å². The van der Waals surface area contributed by atoms with Crippen molar-refractivity contribution in [1.29, 1.82) is 0 Å². The largest absolute Gasteiger partial charge is 0.493 e. The van der Waals surface area contributed by atoms with Crippen LogP contribution in [0.2, 0.25) is 0 Å². The Balaban J connectivity index is 1.90. The Bertz CT molecular complexity index is 1550. The summed E-state index contributed by atoms with van der Waals surface area (Å²) < 4.78 is 17.8. The fraction of sp³-hybridized carbons (Fsp3) is 0.259. The minimum absolute atomic E-state index is 0.211. The van der Waals surface area contributed by atoms with Gasteiger partial charge in [0.15, 0.2) is 16.3 Å². The van der Waals surface area contributed by atoms with E-state index >= 15 is 0 Å². The smallest absolute Gasteiger partial charge is 0.338 e. The number of thiazole rings is 1. The first-order valence-electron chi connectivity index (χ1n) is 11.4. The Kier molecular flexibility index (Phi) is 7.21. The van der Waals surface area contributed by atoms with Crippen molar-refractivity contribution in [2.75, 3.05) is 13.7 Å². The molecular weight excluding hydrogens is 480 g/mol. The van der Waals surface area contributed by atoms with Gasteiger partial charge in [-0.3, -0.25) is 14.2 Å². The van der Waals surface area contributed by atoms with Crippen LogP contribution in [0.1, 0.15) is 43.5 Å². The molecule has 0 saturated carbocycles. The molecule has 0 bridgehead atoms. The highest BCUT2D eigenvalue weighted by molar-refractivity contribution is 7.07. The van der Waals surface area contributed by atoms with E-state index in [0.29, 0.717) is 31.9 Å². The molecule has 0 fully saturated rings. The van der Waals surface area contributed by atoms with E-state index in [2.05, 4.69) is 4.99 Å². The van der Waals surface area contributed by atoms with Crippen molar-refractivity contribution >= 4 is 29.4 Å². The van der Waals surface area contributed by atoms with Crippen molar-refractivity contribution in [1.82, 2.24) is 4.57 Å². The van der Waals surface area contributed by atoms with Gasteiger partial charge in [-0.25, -0.2) is 9.79 Å². The molecule has 3 aromatic rings. The van der Waals surface area contributed by atoms with Crippen LogP contribution in [-0.2, 0) is 14.3 Å². The Hall–Kier alpha value is -3.98. The first kappa shape index (κ1) is 25.1. The maximum absolute atomic E-state index is 13.7. The van der Waals surface area contributed by atoms with Crippen LogP contribution < -0.4 is 24.4 Å². The third kappa shape index (κ3) is 4.87. The Morgan fingerprint density at radius 2 is 1.83 bits per heavy atom. The molecule has 1 aliphatic heterocycles. The van der Waals surface area contributed by atoms with Crippen LogP contribution in [0, 0.1) is 6.92 Å². The predicted molar refractivity (Wildman–Crippen MR) is 136 cm³/mol.